The fourth-order valence-electron chi connectivity index (χ4n) is 1.99. The van der Waals surface area contributed by atoms with Crippen molar-refractivity contribution in [3.8, 4) is 0 Å². The first-order valence-electron chi connectivity index (χ1n) is 7.19. The summed E-state index contributed by atoms with van der Waals surface area (Å²) in [5.74, 6) is -3.21. The van der Waals surface area contributed by atoms with Gasteiger partial charge in [-0.05, 0) is 31.2 Å². The highest BCUT2D eigenvalue weighted by Crippen LogP contribution is 2.17. The minimum atomic E-state index is -1.42. The first kappa shape index (κ1) is 18.7. The standard InChI is InChI=1S/C17H15F2NO4S/c1-10(16(21)20-14-9-11(18)7-8-13(14)19)24-17(22)12-5-3-4-6-15(12)25(2)23/h3-10H,1-2H3,(H,20,21)/t10-,25+/m1/s1. The number of rotatable bonds is 5. The van der Waals surface area contributed by atoms with Crippen molar-refractivity contribution >= 4 is 28.4 Å². The first-order valence-corrected chi connectivity index (χ1v) is 8.74. The third kappa shape index (κ3) is 4.69. The van der Waals surface area contributed by atoms with Gasteiger partial charge >= 0.3 is 5.97 Å². The minimum absolute atomic E-state index is 0.0694. The normalized spacial score (nSPS) is 13.0. The summed E-state index contributed by atoms with van der Waals surface area (Å²) >= 11 is 0. The quantitative estimate of drug-likeness (QED) is 0.825. The number of nitrogens with one attached hydrogen (secondary N) is 1. The highest BCUT2D eigenvalue weighted by Gasteiger charge is 2.22. The number of hydrogen-bond donors (Lipinski definition) is 1. The van der Waals surface area contributed by atoms with Crippen LogP contribution >= 0.6 is 0 Å². The van der Waals surface area contributed by atoms with Crippen LogP contribution in [0, 0.1) is 11.6 Å². The lowest BCUT2D eigenvalue weighted by atomic mass is 10.2. The van der Waals surface area contributed by atoms with Gasteiger partial charge in [0.1, 0.15) is 11.6 Å². The van der Waals surface area contributed by atoms with E-state index in [0.29, 0.717) is 0 Å². The SMILES string of the molecule is C[C@@H](OC(=O)c1ccccc1[S@](C)=O)C(=O)Nc1cc(F)ccc1F. The second-order valence-corrected chi connectivity index (χ2v) is 6.46. The maximum absolute atomic E-state index is 13.5. The summed E-state index contributed by atoms with van der Waals surface area (Å²) < 4.78 is 43.3. The lowest BCUT2D eigenvalue weighted by Gasteiger charge is -2.15. The monoisotopic (exact) mass is 367 g/mol. The summed E-state index contributed by atoms with van der Waals surface area (Å²) in [7, 11) is -1.42. The Kier molecular flexibility index (Phi) is 5.97. The zero-order chi connectivity index (χ0) is 18.6. The Morgan fingerprint density at radius 2 is 1.84 bits per heavy atom. The molecule has 0 saturated carbocycles. The fraction of sp³-hybridized carbons (Fsp3) is 0.176. The summed E-state index contributed by atoms with van der Waals surface area (Å²) in [4.78, 5) is 24.5. The molecule has 2 aromatic carbocycles. The Labute approximate surface area is 145 Å². The number of hydrogen-bond acceptors (Lipinski definition) is 4. The van der Waals surface area contributed by atoms with Crippen molar-refractivity contribution < 1.29 is 27.3 Å². The predicted octanol–water partition coefficient (Wildman–Crippen LogP) is 2.89. The molecule has 5 nitrogen and oxygen atoms in total. The molecule has 2 rings (SSSR count). The third-order valence-corrected chi connectivity index (χ3v) is 4.23. The molecule has 0 bridgehead atoms. The average Bonchev–Trinajstić information content (AvgIpc) is 2.57. The number of carbonyl (C=O) groups excluding carboxylic acids is 2. The number of esters is 1. The van der Waals surface area contributed by atoms with Crippen LogP contribution in [0.2, 0.25) is 0 Å². The smallest absolute Gasteiger partial charge is 0.340 e. The lowest BCUT2D eigenvalue weighted by Crippen LogP contribution is -2.30. The van der Waals surface area contributed by atoms with Crippen molar-refractivity contribution in [3.05, 3.63) is 59.7 Å². The van der Waals surface area contributed by atoms with E-state index in [4.69, 9.17) is 4.74 Å². The molecule has 0 heterocycles. The summed E-state index contributed by atoms with van der Waals surface area (Å²) in [5, 5.41) is 2.15. The van der Waals surface area contributed by atoms with Gasteiger partial charge in [0.15, 0.2) is 6.10 Å². The van der Waals surface area contributed by atoms with Gasteiger partial charge < -0.3 is 10.1 Å². The Bertz CT molecular complexity index is 841. The molecule has 0 radical (unpaired) electrons. The van der Waals surface area contributed by atoms with E-state index in [1.807, 2.05) is 0 Å². The number of ether oxygens (including phenoxy) is 1. The number of carbonyl (C=O) groups is 2. The largest absolute Gasteiger partial charge is 0.449 e. The van der Waals surface area contributed by atoms with Crippen molar-refractivity contribution in [2.45, 2.75) is 17.9 Å². The molecule has 0 aliphatic heterocycles. The fourth-order valence-corrected chi connectivity index (χ4v) is 2.72. The molecule has 0 unspecified atom stereocenters. The topological polar surface area (TPSA) is 72.5 Å². The Hall–Kier alpha value is -2.61. The Balaban J connectivity index is 2.10. The highest BCUT2D eigenvalue weighted by molar-refractivity contribution is 7.84. The van der Waals surface area contributed by atoms with Crippen molar-refractivity contribution in [3.63, 3.8) is 0 Å². The van der Waals surface area contributed by atoms with Crippen molar-refractivity contribution in [2.75, 3.05) is 11.6 Å². The van der Waals surface area contributed by atoms with E-state index >= 15 is 0 Å². The average molecular weight is 367 g/mol. The predicted molar refractivity (Wildman–Crippen MR) is 88.6 cm³/mol. The van der Waals surface area contributed by atoms with Crippen LogP contribution < -0.4 is 5.32 Å². The molecule has 0 aromatic heterocycles. The highest BCUT2D eigenvalue weighted by atomic mass is 32.2. The summed E-state index contributed by atoms with van der Waals surface area (Å²) in [5.41, 5.74) is -0.289. The van der Waals surface area contributed by atoms with Gasteiger partial charge in [-0.2, -0.15) is 0 Å². The number of halogens is 2. The molecule has 0 aliphatic carbocycles. The minimum Gasteiger partial charge on any atom is -0.449 e. The molecule has 25 heavy (non-hydrogen) atoms. The molecule has 1 amide bonds. The number of benzene rings is 2. The van der Waals surface area contributed by atoms with E-state index in [0.717, 1.165) is 18.2 Å². The maximum Gasteiger partial charge on any atom is 0.340 e. The summed E-state index contributed by atoms with van der Waals surface area (Å²) in [6, 6.07) is 8.73. The second kappa shape index (κ2) is 7.98. The molecule has 0 aliphatic rings. The second-order valence-electron chi connectivity index (χ2n) is 5.11. The van der Waals surface area contributed by atoms with E-state index in [2.05, 4.69) is 5.32 Å². The van der Waals surface area contributed by atoms with Crippen LogP contribution in [-0.4, -0.2) is 28.4 Å². The van der Waals surface area contributed by atoms with Gasteiger partial charge in [0, 0.05) is 12.3 Å². The van der Waals surface area contributed by atoms with E-state index < -0.39 is 40.4 Å². The molecule has 132 valence electrons. The van der Waals surface area contributed by atoms with Gasteiger partial charge in [0.2, 0.25) is 0 Å². The zero-order valence-corrected chi connectivity index (χ0v) is 14.2. The van der Waals surface area contributed by atoms with Crippen molar-refractivity contribution in [1.82, 2.24) is 0 Å². The van der Waals surface area contributed by atoms with E-state index in [1.54, 1.807) is 12.1 Å². The molecule has 0 fully saturated rings. The molecule has 8 heteroatoms. The summed E-state index contributed by atoms with van der Waals surface area (Å²) in [6.07, 6.45) is 0.142. The first-order chi connectivity index (χ1) is 11.8. The van der Waals surface area contributed by atoms with Gasteiger partial charge in [-0.1, -0.05) is 12.1 Å². The Morgan fingerprint density at radius 1 is 1.16 bits per heavy atom. The van der Waals surface area contributed by atoms with Gasteiger partial charge in [-0.15, -0.1) is 0 Å². The molecule has 0 saturated heterocycles. The van der Waals surface area contributed by atoms with E-state index in [9.17, 15) is 22.6 Å². The van der Waals surface area contributed by atoms with Gasteiger partial charge in [0.25, 0.3) is 5.91 Å². The van der Waals surface area contributed by atoms with Crippen molar-refractivity contribution in [2.24, 2.45) is 0 Å². The van der Waals surface area contributed by atoms with Crippen molar-refractivity contribution in [1.29, 1.82) is 0 Å². The van der Waals surface area contributed by atoms with Crippen LogP contribution in [0.1, 0.15) is 17.3 Å². The van der Waals surface area contributed by atoms with Gasteiger partial charge in [-0.25, -0.2) is 13.6 Å². The molecule has 1 N–H and O–H groups in total. The summed E-state index contributed by atoms with van der Waals surface area (Å²) in [6.45, 7) is 1.29. The maximum atomic E-state index is 13.5. The number of anilines is 1. The molecule has 0 spiro atoms. The number of amides is 1. The lowest BCUT2D eigenvalue weighted by molar-refractivity contribution is -0.123. The zero-order valence-electron chi connectivity index (χ0n) is 13.4. The Morgan fingerprint density at radius 3 is 2.52 bits per heavy atom. The van der Waals surface area contributed by atoms with Crippen LogP contribution in [0.4, 0.5) is 14.5 Å². The van der Waals surface area contributed by atoms with Gasteiger partial charge in [0.05, 0.1) is 26.9 Å². The van der Waals surface area contributed by atoms with E-state index in [1.165, 1.54) is 25.3 Å². The van der Waals surface area contributed by atoms with Crippen LogP contribution in [0.3, 0.4) is 0 Å². The van der Waals surface area contributed by atoms with Crippen LogP contribution in [-0.2, 0) is 20.3 Å². The third-order valence-electron chi connectivity index (χ3n) is 3.26. The molecule has 2 aromatic rings. The van der Waals surface area contributed by atoms with Crippen LogP contribution in [0.25, 0.3) is 0 Å². The molecule has 2 atom stereocenters. The molecular formula is C17H15F2NO4S. The van der Waals surface area contributed by atoms with Gasteiger partial charge in [-0.3, -0.25) is 9.00 Å². The van der Waals surface area contributed by atoms with Crippen LogP contribution in [0.15, 0.2) is 47.4 Å². The molecular weight excluding hydrogens is 352 g/mol. The van der Waals surface area contributed by atoms with E-state index in [-0.39, 0.29) is 16.1 Å². The van der Waals surface area contributed by atoms with Crippen LogP contribution in [0.5, 0.6) is 0 Å².